The number of hydrogen-bond donors (Lipinski definition) is 0. The summed E-state index contributed by atoms with van der Waals surface area (Å²) in [6.45, 7) is 5.27. The first-order chi connectivity index (χ1) is 3.81. The molecule has 0 N–H and O–H groups in total. The third-order valence-corrected chi connectivity index (χ3v) is 8.34. The molecular weight excluding hydrogens is 176 g/mol. The first-order valence-corrected chi connectivity index (χ1v) is 7.18. The van der Waals surface area contributed by atoms with E-state index in [4.69, 9.17) is 10.7 Å². The molecule has 0 rings (SSSR count). The van der Waals surface area contributed by atoms with Gasteiger partial charge in [-0.25, -0.2) is 8.42 Å². The molecule has 0 aromatic heterocycles. The molecule has 0 unspecified atom stereocenters. The van der Waals surface area contributed by atoms with Crippen molar-refractivity contribution in [3.63, 3.8) is 0 Å². The molecule has 0 heterocycles. The molecular formula is C4H11ClO2SSi. The molecule has 0 aliphatic carbocycles. The van der Waals surface area contributed by atoms with E-state index < -0.39 is 22.9 Å². The SMILES string of the molecule is C[SiH2]C(C)(C)S(=O)(=O)Cl. The zero-order chi connectivity index (χ0) is 7.71. The van der Waals surface area contributed by atoms with Crippen molar-refractivity contribution in [2.24, 2.45) is 0 Å². The average Bonchev–Trinajstić information content (AvgIpc) is 1.64. The molecule has 5 heteroatoms. The van der Waals surface area contributed by atoms with Crippen molar-refractivity contribution in [2.45, 2.75) is 24.8 Å². The van der Waals surface area contributed by atoms with Crippen LogP contribution < -0.4 is 0 Å². The van der Waals surface area contributed by atoms with Crippen LogP contribution in [0.4, 0.5) is 0 Å². The minimum atomic E-state index is -3.32. The molecule has 0 saturated heterocycles. The largest absolute Gasteiger partial charge is 0.234 e. The van der Waals surface area contributed by atoms with Gasteiger partial charge in [0.2, 0.25) is 9.05 Å². The zero-order valence-corrected chi connectivity index (χ0v) is 8.80. The van der Waals surface area contributed by atoms with Gasteiger partial charge in [-0.2, -0.15) is 0 Å². The Labute approximate surface area is 62.8 Å². The molecule has 0 amide bonds. The van der Waals surface area contributed by atoms with Crippen LogP contribution in [0.2, 0.25) is 6.55 Å². The third-order valence-electron chi connectivity index (χ3n) is 1.51. The van der Waals surface area contributed by atoms with Gasteiger partial charge in [-0.1, -0.05) is 6.55 Å². The van der Waals surface area contributed by atoms with Crippen LogP contribution in [0.5, 0.6) is 0 Å². The highest BCUT2D eigenvalue weighted by Gasteiger charge is 2.29. The van der Waals surface area contributed by atoms with E-state index in [9.17, 15) is 8.42 Å². The lowest BCUT2D eigenvalue weighted by atomic mass is 10.5. The predicted octanol–water partition coefficient (Wildman–Crippen LogP) is 0.508. The van der Waals surface area contributed by atoms with E-state index in [1.165, 1.54) is 0 Å². The van der Waals surface area contributed by atoms with Crippen molar-refractivity contribution < 1.29 is 8.42 Å². The minimum Gasteiger partial charge on any atom is -0.212 e. The van der Waals surface area contributed by atoms with Gasteiger partial charge in [0.05, 0.1) is 4.37 Å². The summed E-state index contributed by atoms with van der Waals surface area (Å²) in [5, 5.41) is 0. The van der Waals surface area contributed by atoms with Crippen molar-refractivity contribution in [1.82, 2.24) is 0 Å². The van der Waals surface area contributed by atoms with Gasteiger partial charge in [0, 0.05) is 20.2 Å². The lowest BCUT2D eigenvalue weighted by Gasteiger charge is -2.16. The molecule has 56 valence electrons. The van der Waals surface area contributed by atoms with Crippen LogP contribution in [0.3, 0.4) is 0 Å². The number of halogens is 1. The summed E-state index contributed by atoms with van der Waals surface area (Å²) in [5.41, 5.74) is 0. The lowest BCUT2D eigenvalue weighted by Crippen LogP contribution is -2.33. The van der Waals surface area contributed by atoms with Crippen LogP contribution in [0.15, 0.2) is 0 Å². The Kier molecular flexibility index (Phi) is 2.73. The first kappa shape index (κ1) is 9.46. The van der Waals surface area contributed by atoms with Gasteiger partial charge in [-0.3, -0.25) is 0 Å². The van der Waals surface area contributed by atoms with Crippen molar-refractivity contribution >= 4 is 29.3 Å². The molecule has 0 fully saturated rings. The maximum Gasteiger partial charge on any atom is 0.234 e. The van der Waals surface area contributed by atoms with Gasteiger partial charge in [0.25, 0.3) is 0 Å². The smallest absolute Gasteiger partial charge is 0.212 e. The van der Waals surface area contributed by atoms with Crippen molar-refractivity contribution in [2.75, 3.05) is 0 Å². The molecule has 0 aliphatic heterocycles. The Morgan fingerprint density at radius 3 is 1.78 bits per heavy atom. The number of rotatable bonds is 2. The molecule has 0 radical (unpaired) electrons. The van der Waals surface area contributed by atoms with Crippen LogP contribution in [-0.2, 0) is 9.05 Å². The molecule has 0 spiro atoms. The van der Waals surface area contributed by atoms with E-state index >= 15 is 0 Å². The van der Waals surface area contributed by atoms with Gasteiger partial charge >= 0.3 is 0 Å². The van der Waals surface area contributed by atoms with Crippen molar-refractivity contribution in [3.8, 4) is 0 Å². The van der Waals surface area contributed by atoms with Crippen LogP contribution in [0.1, 0.15) is 13.8 Å². The maximum atomic E-state index is 10.7. The van der Waals surface area contributed by atoms with Crippen LogP contribution in [-0.4, -0.2) is 22.3 Å². The van der Waals surface area contributed by atoms with Crippen molar-refractivity contribution in [1.29, 1.82) is 0 Å². The quantitative estimate of drug-likeness (QED) is 0.465. The molecule has 2 nitrogen and oxygen atoms in total. The standard InChI is InChI=1S/C4H11ClO2SSi/c1-4(2,9-3)8(5,6)7/h9H2,1-3H3. The van der Waals surface area contributed by atoms with E-state index in [1.807, 2.05) is 6.55 Å². The monoisotopic (exact) mass is 186 g/mol. The second-order valence-corrected chi connectivity index (χ2v) is 8.74. The molecule has 0 atom stereocenters. The van der Waals surface area contributed by atoms with E-state index in [-0.39, 0.29) is 0 Å². The van der Waals surface area contributed by atoms with E-state index in [1.54, 1.807) is 13.8 Å². The molecule has 9 heavy (non-hydrogen) atoms. The Balaban J connectivity index is 4.56. The third kappa shape index (κ3) is 2.27. The highest BCUT2D eigenvalue weighted by Crippen LogP contribution is 2.18. The van der Waals surface area contributed by atoms with Gasteiger partial charge in [-0.05, 0) is 13.8 Å². The summed E-state index contributed by atoms with van der Waals surface area (Å²) in [5.74, 6) is 0. The molecule has 0 saturated carbocycles. The van der Waals surface area contributed by atoms with Crippen LogP contribution in [0, 0.1) is 0 Å². The molecule has 0 bridgehead atoms. The summed E-state index contributed by atoms with van der Waals surface area (Å²) >= 11 is 0. The maximum absolute atomic E-state index is 10.7. The predicted molar refractivity (Wildman–Crippen MR) is 43.3 cm³/mol. The minimum absolute atomic E-state index is 0.582. The number of hydrogen-bond acceptors (Lipinski definition) is 2. The van der Waals surface area contributed by atoms with Crippen molar-refractivity contribution in [3.05, 3.63) is 0 Å². The van der Waals surface area contributed by atoms with Gasteiger partial charge in [0.1, 0.15) is 0 Å². The Bertz CT molecular complexity index is 185. The van der Waals surface area contributed by atoms with E-state index in [2.05, 4.69) is 0 Å². The fraction of sp³-hybridized carbons (Fsp3) is 1.00. The Hall–Kier alpha value is 0.457. The molecule has 0 aromatic rings. The highest BCUT2D eigenvalue weighted by atomic mass is 35.7. The fourth-order valence-corrected chi connectivity index (χ4v) is 2.53. The topological polar surface area (TPSA) is 34.1 Å². The van der Waals surface area contributed by atoms with Gasteiger partial charge in [0.15, 0.2) is 0 Å². The highest BCUT2D eigenvalue weighted by molar-refractivity contribution is 8.15. The summed E-state index contributed by atoms with van der Waals surface area (Å²) < 4.78 is 20.7. The van der Waals surface area contributed by atoms with E-state index in [0.29, 0.717) is 0 Å². The van der Waals surface area contributed by atoms with Crippen LogP contribution >= 0.6 is 10.7 Å². The Morgan fingerprint density at radius 1 is 1.44 bits per heavy atom. The molecule has 0 aromatic carbocycles. The molecule has 0 aliphatic rings. The summed E-state index contributed by atoms with van der Waals surface area (Å²) in [6, 6.07) is 0. The second kappa shape index (κ2) is 2.60. The average molecular weight is 187 g/mol. The Morgan fingerprint density at radius 2 is 1.78 bits per heavy atom. The normalized spacial score (nSPS) is 15.1. The lowest BCUT2D eigenvalue weighted by molar-refractivity contribution is 0.595. The van der Waals surface area contributed by atoms with E-state index in [0.717, 1.165) is 0 Å². The first-order valence-electron chi connectivity index (χ1n) is 2.75. The van der Waals surface area contributed by atoms with Crippen LogP contribution in [0.25, 0.3) is 0 Å². The van der Waals surface area contributed by atoms with Gasteiger partial charge < -0.3 is 0 Å². The van der Waals surface area contributed by atoms with Gasteiger partial charge in [-0.15, -0.1) is 0 Å². The summed E-state index contributed by atoms with van der Waals surface area (Å²) in [7, 11) is 1.23. The summed E-state index contributed by atoms with van der Waals surface area (Å²) in [4.78, 5) is 0. The zero-order valence-electron chi connectivity index (χ0n) is 5.81. The summed E-state index contributed by atoms with van der Waals surface area (Å²) in [6.07, 6.45) is 0. The fourth-order valence-electron chi connectivity index (χ4n) is 0.172. The second-order valence-electron chi connectivity index (χ2n) is 2.55.